The second-order valence-corrected chi connectivity index (χ2v) is 11.1. The summed E-state index contributed by atoms with van der Waals surface area (Å²) in [5.41, 5.74) is 3.75. The first-order valence-corrected chi connectivity index (χ1v) is 13.1. The third kappa shape index (κ3) is 4.77. The number of likely N-dealkylation sites (N-methyl/N-ethyl adjacent to an activating group) is 1. The van der Waals surface area contributed by atoms with Crippen LogP contribution in [0.5, 0.6) is 0 Å². The summed E-state index contributed by atoms with van der Waals surface area (Å²) < 4.78 is 28.7. The van der Waals surface area contributed by atoms with Crippen LogP contribution in [0.3, 0.4) is 0 Å². The molecule has 1 aliphatic rings. The van der Waals surface area contributed by atoms with E-state index in [-0.39, 0.29) is 5.54 Å². The molecule has 0 radical (unpaired) electrons. The summed E-state index contributed by atoms with van der Waals surface area (Å²) >= 11 is 12.3. The number of aromatic amines is 1. The number of piperazine rings is 1. The van der Waals surface area contributed by atoms with Gasteiger partial charge in [0.25, 0.3) is 0 Å². The van der Waals surface area contributed by atoms with Crippen molar-refractivity contribution in [2.24, 2.45) is 0 Å². The number of anilines is 2. The van der Waals surface area contributed by atoms with Crippen molar-refractivity contribution in [2.75, 3.05) is 36.9 Å². The lowest BCUT2D eigenvalue weighted by Crippen LogP contribution is -2.58. The Kier molecular flexibility index (Phi) is 6.35. The van der Waals surface area contributed by atoms with Crippen LogP contribution in [0, 0.1) is 0 Å². The summed E-state index contributed by atoms with van der Waals surface area (Å²) in [6.45, 7) is 4.44. The Labute approximate surface area is 232 Å². The molecule has 5 heterocycles. The normalized spacial score (nSPS) is 16.2. The zero-order chi connectivity index (χ0) is 27.5. The number of nitrogens with zero attached hydrogens (tertiary/aromatic N) is 8. The van der Waals surface area contributed by atoms with E-state index in [4.69, 9.17) is 28.3 Å². The second-order valence-electron chi connectivity index (χ2n) is 10.3. The van der Waals surface area contributed by atoms with E-state index in [1.807, 2.05) is 6.07 Å². The van der Waals surface area contributed by atoms with Gasteiger partial charge in [-0.2, -0.15) is 13.9 Å². The van der Waals surface area contributed by atoms with Crippen molar-refractivity contribution in [1.29, 1.82) is 0 Å². The van der Waals surface area contributed by atoms with Crippen molar-refractivity contribution in [3.63, 3.8) is 0 Å². The van der Waals surface area contributed by atoms with E-state index < -0.39 is 6.55 Å². The molecule has 1 saturated heterocycles. The topological polar surface area (TPSA) is 95.2 Å². The fraction of sp³-hybridized carbons (Fsp3) is 0.360. The number of hydrogen-bond acceptors (Lipinski definition) is 7. The quantitative estimate of drug-likeness (QED) is 0.283. The smallest absolute Gasteiger partial charge is 0.333 e. The molecule has 10 nitrogen and oxygen atoms in total. The lowest BCUT2D eigenvalue weighted by Gasteiger charge is -2.45. The molecule has 204 valence electrons. The zero-order valence-electron chi connectivity index (χ0n) is 21.5. The molecule has 0 amide bonds. The number of hydrogen-bond donors (Lipinski definition) is 2. The zero-order valence-corrected chi connectivity index (χ0v) is 23.0. The number of imidazole rings is 2. The molecular formula is C25H26Cl2F2N10. The minimum absolute atomic E-state index is 0.0600. The summed E-state index contributed by atoms with van der Waals surface area (Å²) in [4.78, 5) is 17.0. The molecule has 14 heteroatoms. The standard InChI is InChI=1S/C25H26Cl2F2N10/c1-25(2)13-37(5-4-36(25)3)22-8-19(30-11-21-33-17-6-15(26)16(27)7-18(17)34-21)23-31-10-20(39(23)35-22)14-9-32-38(12-14)24(28)29/h6-10,12,24,30H,4-5,11,13H2,1-3H3,(H,33,34). The molecule has 4 aromatic heterocycles. The van der Waals surface area contributed by atoms with Crippen molar-refractivity contribution in [2.45, 2.75) is 32.5 Å². The number of rotatable bonds is 6. The first kappa shape index (κ1) is 25.8. The van der Waals surface area contributed by atoms with Crippen molar-refractivity contribution in [3.05, 3.63) is 52.7 Å². The Hall–Kier alpha value is -3.48. The Balaban J connectivity index is 1.39. The Morgan fingerprint density at radius 2 is 1.92 bits per heavy atom. The SMILES string of the molecule is CN1CCN(c2cc(NCc3nc4cc(Cl)c(Cl)cc4[nH]3)c3ncc(-c4cnn(C(F)F)c4)n3n2)CC1(C)C. The maximum absolute atomic E-state index is 13.2. The Morgan fingerprint density at radius 3 is 2.67 bits per heavy atom. The first-order valence-electron chi connectivity index (χ1n) is 12.3. The highest BCUT2D eigenvalue weighted by Gasteiger charge is 2.32. The predicted octanol–water partition coefficient (Wildman–Crippen LogP) is 5.31. The van der Waals surface area contributed by atoms with Crippen LogP contribution in [0.15, 0.2) is 36.8 Å². The van der Waals surface area contributed by atoms with Gasteiger partial charge in [-0.3, -0.25) is 4.90 Å². The number of aromatic nitrogens is 7. The van der Waals surface area contributed by atoms with Crippen molar-refractivity contribution >= 4 is 51.4 Å². The molecule has 0 saturated carbocycles. The van der Waals surface area contributed by atoms with Gasteiger partial charge in [-0.15, -0.1) is 5.10 Å². The number of fused-ring (bicyclic) bond motifs is 2. The van der Waals surface area contributed by atoms with Gasteiger partial charge < -0.3 is 15.2 Å². The van der Waals surface area contributed by atoms with Crippen molar-refractivity contribution in [1.82, 2.24) is 39.2 Å². The van der Waals surface area contributed by atoms with Crippen molar-refractivity contribution < 1.29 is 8.78 Å². The number of nitrogens with one attached hydrogen (secondary N) is 2. The number of H-pyrrole nitrogens is 1. The third-order valence-electron chi connectivity index (χ3n) is 7.21. The molecule has 0 atom stereocenters. The summed E-state index contributed by atoms with van der Waals surface area (Å²) in [6.07, 6.45) is 4.29. The average Bonchev–Trinajstić information content (AvgIpc) is 3.62. The Morgan fingerprint density at radius 1 is 1.13 bits per heavy atom. The van der Waals surface area contributed by atoms with Crippen LogP contribution in [0.1, 0.15) is 26.2 Å². The summed E-state index contributed by atoms with van der Waals surface area (Å²) in [5.74, 6) is 1.43. The summed E-state index contributed by atoms with van der Waals surface area (Å²) in [6, 6.07) is 5.43. The van der Waals surface area contributed by atoms with Crippen molar-refractivity contribution in [3.8, 4) is 11.3 Å². The van der Waals surface area contributed by atoms with Crippen LogP contribution in [-0.2, 0) is 6.54 Å². The molecule has 0 spiro atoms. The highest BCUT2D eigenvalue weighted by Crippen LogP contribution is 2.31. The lowest BCUT2D eigenvalue weighted by molar-refractivity contribution is 0.0566. The molecule has 1 aromatic carbocycles. The number of halogens is 4. The number of benzene rings is 1. The minimum Gasteiger partial charge on any atom is -0.375 e. The van der Waals surface area contributed by atoms with Crippen LogP contribution in [0.4, 0.5) is 20.3 Å². The predicted molar refractivity (Wildman–Crippen MR) is 148 cm³/mol. The monoisotopic (exact) mass is 574 g/mol. The summed E-state index contributed by atoms with van der Waals surface area (Å²) in [5, 5.41) is 13.0. The van der Waals surface area contributed by atoms with E-state index in [2.05, 4.69) is 56.1 Å². The fourth-order valence-corrected chi connectivity index (χ4v) is 5.09. The maximum atomic E-state index is 13.2. The van der Waals surface area contributed by atoms with E-state index in [1.54, 1.807) is 22.8 Å². The highest BCUT2D eigenvalue weighted by atomic mass is 35.5. The highest BCUT2D eigenvalue weighted by molar-refractivity contribution is 6.42. The van der Waals surface area contributed by atoms with Gasteiger partial charge in [0.05, 0.1) is 51.4 Å². The largest absolute Gasteiger partial charge is 0.375 e. The molecule has 0 bridgehead atoms. The molecule has 0 unspecified atom stereocenters. The van der Waals surface area contributed by atoms with E-state index in [9.17, 15) is 8.78 Å². The molecule has 1 fully saturated rings. The molecule has 2 N–H and O–H groups in total. The average molecular weight is 575 g/mol. The van der Waals surface area contributed by atoms with E-state index in [1.165, 1.54) is 12.4 Å². The third-order valence-corrected chi connectivity index (χ3v) is 7.93. The minimum atomic E-state index is -2.74. The Bertz CT molecular complexity index is 1640. The van der Waals surface area contributed by atoms with Gasteiger partial charge in [-0.1, -0.05) is 23.2 Å². The van der Waals surface area contributed by atoms with E-state index in [0.717, 1.165) is 36.7 Å². The maximum Gasteiger partial charge on any atom is 0.333 e. The van der Waals surface area contributed by atoms with Gasteiger partial charge in [0.2, 0.25) is 0 Å². The number of alkyl halides is 2. The van der Waals surface area contributed by atoms with Crippen LogP contribution in [0.25, 0.3) is 27.9 Å². The molecule has 6 rings (SSSR count). The van der Waals surface area contributed by atoms with Gasteiger partial charge in [-0.05, 0) is 33.0 Å². The molecule has 0 aliphatic carbocycles. The van der Waals surface area contributed by atoms with Gasteiger partial charge in [0.1, 0.15) is 5.82 Å². The lowest BCUT2D eigenvalue weighted by atomic mass is 10.00. The molecule has 5 aromatic rings. The first-order chi connectivity index (χ1) is 18.6. The van der Waals surface area contributed by atoms with Crippen LogP contribution in [-0.4, -0.2) is 71.5 Å². The molecular weight excluding hydrogens is 549 g/mol. The summed E-state index contributed by atoms with van der Waals surface area (Å²) in [7, 11) is 2.11. The van der Waals surface area contributed by atoms with Gasteiger partial charge >= 0.3 is 6.55 Å². The van der Waals surface area contributed by atoms with Crippen LogP contribution >= 0.6 is 23.2 Å². The van der Waals surface area contributed by atoms with Gasteiger partial charge in [0.15, 0.2) is 11.5 Å². The van der Waals surface area contributed by atoms with E-state index >= 15 is 0 Å². The second kappa shape index (κ2) is 9.61. The fourth-order valence-electron chi connectivity index (χ4n) is 4.77. The van der Waals surface area contributed by atoms with Gasteiger partial charge in [-0.25, -0.2) is 19.2 Å². The molecule has 39 heavy (non-hydrogen) atoms. The van der Waals surface area contributed by atoms with Crippen LogP contribution < -0.4 is 10.2 Å². The van der Waals surface area contributed by atoms with Gasteiger partial charge in [0, 0.05) is 43.0 Å². The molecule has 1 aliphatic heterocycles. The van der Waals surface area contributed by atoms with Crippen LogP contribution in [0.2, 0.25) is 10.0 Å². The van der Waals surface area contributed by atoms with E-state index in [0.29, 0.717) is 49.5 Å².